The second-order valence-corrected chi connectivity index (χ2v) is 8.08. The molecule has 0 saturated carbocycles. The van der Waals surface area contributed by atoms with Crippen molar-refractivity contribution in [3.05, 3.63) is 75.6 Å². The molecule has 1 N–H and O–H groups in total. The van der Waals surface area contributed by atoms with Gasteiger partial charge in [0.05, 0.1) is 29.1 Å². The number of methoxy groups -OCH3 is 1. The number of anilines is 1. The number of hydrogen-bond acceptors (Lipinski definition) is 5. The summed E-state index contributed by atoms with van der Waals surface area (Å²) in [7, 11) is 1.54. The van der Waals surface area contributed by atoms with Crippen LogP contribution in [0.1, 0.15) is 27.4 Å². The van der Waals surface area contributed by atoms with Crippen molar-refractivity contribution in [1.29, 1.82) is 0 Å². The van der Waals surface area contributed by atoms with Gasteiger partial charge in [0.2, 0.25) is 0 Å². The smallest absolute Gasteiger partial charge is 0.378 e. The van der Waals surface area contributed by atoms with Crippen molar-refractivity contribution >= 4 is 33.2 Å². The lowest BCUT2D eigenvalue weighted by atomic mass is 10.1. The highest BCUT2D eigenvalue weighted by Gasteiger charge is 2.30. The Hall–Kier alpha value is -3.31. The molecule has 0 atom stereocenters. The lowest BCUT2D eigenvalue weighted by molar-refractivity contribution is -0.137. The molecule has 0 radical (unpaired) electrons. The van der Waals surface area contributed by atoms with Crippen LogP contribution in [0.2, 0.25) is 0 Å². The summed E-state index contributed by atoms with van der Waals surface area (Å²) >= 11 is 3.41. The van der Waals surface area contributed by atoms with Gasteiger partial charge >= 0.3 is 6.18 Å². The van der Waals surface area contributed by atoms with Crippen LogP contribution >= 0.6 is 15.9 Å². The molecule has 2 aromatic heterocycles. The van der Waals surface area contributed by atoms with E-state index >= 15 is 0 Å². The van der Waals surface area contributed by atoms with Crippen LogP contribution in [0.25, 0.3) is 16.8 Å². The number of amides is 1. The SMILES string of the molecule is COCc1nn2c(C)c(C(=O)Nc3cccc(C(F)(F)F)c3)nnc2c1-c1ccc(Br)cc1. The van der Waals surface area contributed by atoms with E-state index in [0.717, 1.165) is 22.2 Å². The molecule has 0 spiro atoms. The molecule has 0 fully saturated rings. The summed E-state index contributed by atoms with van der Waals surface area (Å²) in [6.07, 6.45) is -4.52. The standard InChI is InChI=1S/C22H17BrF3N5O2/c1-12-19(21(32)27-16-5-3-4-14(10-16)22(24,25)26)28-29-20-18(13-6-8-15(23)9-7-13)17(11-33-2)30-31(12)20/h3-10H,11H2,1-2H3,(H,27,32). The van der Waals surface area contributed by atoms with Gasteiger partial charge in [0.1, 0.15) is 0 Å². The molecule has 0 unspecified atom stereocenters. The predicted octanol–water partition coefficient (Wildman–Crippen LogP) is 5.28. The number of ether oxygens (including phenoxy) is 1. The van der Waals surface area contributed by atoms with Crippen LogP contribution in [-0.4, -0.2) is 32.8 Å². The van der Waals surface area contributed by atoms with Crippen LogP contribution in [0.5, 0.6) is 0 Å². The van der Waals surface area contributed by atoms with E-state index in [9.17, 15) is 18.0 Å². The fourth-order valence-electron chi connectivity index (χ4n) is 3.37. The van der Waals surface area contributed by atoms with Gasteiger partial charge in [-0.25, -0.2) is 4.52 Å². The van der Waals surface area contributed by atoms with Crippen LogP contribution in [0.3, 0.4) is 0 Å². The van der Waals surface area contributed by atoms with Gasteiger partial charge in [-0.3, -0.25) is 4.79 Å². The third kappa shape index (κ3) is 4.60. The molecule has 7 nitrogen and oxygen atoms in total. The molecule has 4 aromatic rings. The fourth-order valence-corrected chi connectivity index (χ4v) is 3.64. The molecule has 2 heterocycles. The number of rotatable bonds is 5. The third-order valence-corrected chi connectivity index (χ3v) is 5.44. The van der Waals surface area contributed by atoms with E-state index < -0.39 is 17.6 Å². The van der Waals surface area contributed by atoms with E-state index in [2.05, 4.69) is 36.5 Å². The average molecular weight is 520 g/mol. The second-order valence-electron chi connectivity index (χ2n) is 7.16. The molecular weight excluding hydrogens is 503 g/mol. The van der Waals surface area contributed by atoms with Gasteiger partial charge in [0, 0.05) is 17.3 Å². The van der Waals surface area contributed by atoms with E-state index in [1.165, 1.54) is 16.6 Å². The van der Waals surface area contributed by atoms with Gasteiger partial charge in [0.25, 0.3) is 5.91 Å². The van der Waals surface area contributed by atoms with Crippen molar-refractivity contribution in [2.75, 3.05) is 12.4 Å². The predicted molar refractivity (Wildman–Crippen MR) is 119 cm³/mol. The van der Waals surface area contributed by atoms with Gasteiger partial charge in [-0.05, 0) is 42.8 Å². The molecule has 0 saturated heterocycles. The quantitative estimate of drug-likeness (QED) is 0.388. The third-order valence-electron chi connectivity index (χ3n) is 4.92. The number of halogens is 4. The Balaban J connectivity index is 1.74. The van der Waals surface area contributed by atoms with E-state index in [-0.39, 0.29) is 18.0 Å². The van der Waals surface area contributed by atoms with Crippen molar-refractivity contribution in [3.63, 3.8) is 0 Å². The molecule has 0 aliphatic carbocycles. The Kier molecular flexibility index (Phi) is 6.17. The molecular formula is C22H17BrF3N5O2. The van der Waals surface area contributed by atoms with Gasteiger partial charge in [-0.2, -0.15) is 18.3 Å². The van der Waals surface area contributed by atoms with Crippen LogP contribution in [0, 0.1) is 6.92 Å². The second kappa shape index (κ2) is 8.91. The Bertz CT molecular complexity index is 1340. The maximum absolute atomic E-state index is 13.0. The average Bonchev–Trinajstić information content (AvgIpc) is 3.13. The van der Waals surface area contributed by atoms with Gasteiger partial charge in [-0.15, -0.1) is 10.2 Å². The molecule has 4 rings (SSSR count). The van der Waals surface area contributed by atoms with Gasteiger partial charge in [-0.1, -0.05) is 34.1 Å². The normalized spacial score (nSPS) is 11.7. The summed E-state index contributed by atoms with van der Waals surface area (Å²) < 4.78 is 46.6. The van der Waals surface area contributed by atoms with E-state index in [0.29, 0.717) is 22.6 Å². The minimum Gasteiger partial charge on any atom is -0.378 e. The fraction of sp³-hybridized carbons (Fsp3) is 0.182. The van der Waals surface area contributed by atoms with Crippen LogP contribution < -0.4 is 5.32 Å². The van der Waals surface area contributed by atoms with E-state index in [1.54, 1.807) is 14.0 Å². The first-order valence-corrected chi connectivity index (χ1v) is 10.5. The minimum atomic E-state index is -4.52. The molecule has 0 bridgehead atoms. The Morgan fingerprint density at radius 1 is 1.15 bits per heavy atom. The number of fused-ring (bicyclic) bond motifs is 1. The van der Waals surface area contributed by atoms with Gasteiger partial charge in [0.15, 0.2) is 11.3 Å². The van der Waals surface area contributed by atoms with Crippen molar-refractivity contribution in [3.8, 4) is 11.1 Å². The van der Waals surface area contributed by atoms with Crippen molar-refractivity contribution < 1.29 is 22.7 Å². The zero-order chi connectivity index (χ0) is 23.8. The maximum Gasteiger partial charge on any atom is 0.416 e. The Morgan fingerprint density at radius 2 is 1.88 bits per heavy atom. The Morgan fingerprint density at radius 3 is 2.55 bits per heavy atom. The summed E-state index contributed by atoms with van der Waals surface area (Å²) in [5.74, 6) is -0.699. The van der Waals surface area contributed by atoms with Crippen LogP contribution in [0.15, 0.2) is 53.0 Å². The summed E-state index contributed by atoms with van der Waals surface area (Å²) in [6, 6.07) is 11.9. The number of aryl methyl sites for hydroxylation is 1. The summed E-state index contributed by atoms with van der Waals surface area (Å²) in [5.41, 5.74) is 2.03. The molecule has 170 valence electrons. The molecule has 1 amide bonds. The van der Waals surface area contributed by atoms with E-state index in [1.807, 2.05) is 24.3 Å². The first-order valence-electron chi connectivity index (χ1n) is 9.67. The van der Waals surface area contributed by atoms with Crippen molar-refractivity contribution in [1.82, 2.24) is 19.8 Å². The molecule has 2 aromatic carbocycles. The highest BCUT2D eigenvalue weighted by atomic mass is 79.9. The maximum atomic E-state index is 13.0. The van der Waals surface area contributed by atoms with E-state index in [4.69, 9.17) is 4.74 Å². The zero-order valence-electron chi connectivity index (χ0n) is 17.4. The molecule has 0 aliphatic rings. The highest BCUT2D eigenvalue weighted by Crippen LogP contribution is 2.32. The van der Waals surface area contributed by atoms with Crippen molar-refractivity contribution in [2.24, 2.45) is 0 Å². The number of nitrogens with zero attached hydrogens (tertiary/aromatic N) is 4. The van der Waals surface area contributed by atoms with Crippen LogP contribution in [-0.2, 0) is 17.5 Å². The first-order chi connectivity index (χ1) is 15.7. The molecule has 11 heteroatoms. The first kappa shape index (κ1) is 22.9. The minimum absolute atomic E-state index is 0.00721. The number of aromatic nitrogens is 4. The molecule has 33 heavy (non-hydrogen) atoms. The lowest BCUT2D eigenvalue weighted by Crippen LogP contribution is -2.19. The summed E-state index contributed by atoms with van der Waals surface area (Å²) in [5, 5.41) is 15.3. The number of carbonyl (C=O) groups excluding carboxylic acids is 1. The topological polar surface area (TPSA) is 81.4 Å². The Labute approximate surface area is 194 Å². The van der Waals surface area contributed by atoms with Crippen molar-refractivity contribution in [2.45, 2.75) is 19.7 Å². The number of nitrogens with one attached hydrogen (secondary N) is 1. The largest absolute Gasteiger partial charge is 0.416 e. The van der Waals surface area contributed by atoms with Gasteiger partial charge < -0.3 is 10.1 Å². The molecule has 0 aliphatic heterocycles. The van der Waals surface area contributed by atoms with Crippen LogP contribution in [0.4, 0.5) is 18.9 Å². The summed E-state index contributed by atoms with van der Waals surface area (Å²) in [4.78, 5) is 12.8. The monoisotopic (exact) mass is 519 g/mol. The lowest BCUT2D eigenvalue weighted by Gasteiger charge is -2.10. The highest BCUT2D eigenvalue weighted by molar-refractivity contribution is 9.10. The summed E-state index contributed by atoms with van der Waals surface area (Å²) in [6.45, 7) is 1.84. The number of benzene rings is 2. The number of carbonyl (C=O) groups is 1. The number of alkyl halides is 3. The zero-order valence-corrected chi connectivity index (χ0v) is 19.0. The number of hydrogen-bond donors (Lipinski definition) is 1.